The Morgan fingerprint density at radius 2 is 1.35 bits per heavy atom. The number of hydrogen-bond acceptors (Lipinski definition) is 11. The number of phenolic OH excluding ortho intramolecular Hbond substituents is 1. The van der Waals surface area contributed by atoms with Crippen LogP contribution >= 0.6 is 0 Å². The van der Waals surface area contributed by atoms with Crippen LogP contribution in [0.5, 0.6) is 5.75 Å². The molecule has 0 saturated carbocycles. The molecule has 20 heteroatoms. The van der Waals surface area contributed by atoms with Gasteiger partial charge in [0.25, 0.3) is 0 Å². The van der Waals surface area contributed by atoms with Crippen molar-refractivity contribution in [2.75, 3.05) is 6.54 Å². The summed E-state index contributed by atoms with van der Waals surface area (Å²) in [6.07, 6.45) is -0.869. The monoisotopic (exact) mass is 776 g/mol. The van der Waals surface area contributed by atoms with E-state index in [9.17, 15) is 58.5 Å². The molecule has 0 unspecified atom stereocenters. The third kappa shape index (κ3) is 16.4. The third-order valence-corrected chi connectivity index (χ3v) is 8.54. The summed E-state index contributed by atoms with van der Waals surface area (Å²) in [5.41, 5.74) is 11.2. The Kier molecular flexibility index (Phi) is 18.5. The summed E-state index contributed by atoms with van der Waals surface area (Å²) >= 11 is 0. The number of nitrogens with one attached hydrogen (secondary N) is 6. The highest BCUT2D eigenvalue weighted by molar-refractivity contribution is 5.98. The van der Waals surface area contributed by atoms with Crippen molar-refractivity contribution >= 4 is 53.3 Å². The number of aliphatic carboxylic acids is 2. The second-order valence-corrected chi connectivity index (χ2v) is 13.7. The number of nitrogens with two attached hydrogens (primary N) is 2. The largest absolute Gasteiger partial charge is 0.508 e. The maximum absolute atomic E-state index is 13.9. The average molecular weight is 777 g/mol. The van der Waals surface area contributed by atoms with Gasteiger partial charge in [-0.3, -0.25) is 38.4 Å². The maximum Gasteiger partial charge on any atom is 0.326 e. The molecule has 1 saturated heterocycles. The van der Waals surface area contributed by atoms with Gasteiger partial charge in [0.15, 0.2) is 0 Å². The van der Waals surface area contributed by atoms with Gasteiger partial charge in [0.05, 0.1) is 6.42 Å². The van der Waals surface area contributed by atoms with E-state index in [-0.39, 0.29) is 56.2 Å². The van der Waals surface area contributed by atoms with Crippen LogP contribution in [0.25, 0.3) is 0 Å². The fraction of sp³-hybridized carbons (Fsp3) is 0.571. The molecule has 7 amide bonds. The Morgan fingerprint density at radius 1 is 0.782 bits per heavy atom. The molecule has 6 atom stereocenters. The normalized spacial score (nSPS) is 16.4. The van der Waals surface area contributed by atoms with Gasteiger partial charge in [0.2, 0.25) is 41.4 Å². The number of carboxylic acid groups (broad SMARTS) is 2. The zero-order valence-electron chi connectivity index (χ0n) is 30.8. The molecule has 0 bridgehead atoms. The summed E-state index contributed by atoms with van der Waals surface area (Å²) in [5, 5.41) is 43.4. The minimum Gasteiger partial charge on any atom is -0.508 e. The topological polar surface area (TPSA) is 339 Å². The van der Waals surface area contributed by atoms with Crippen molar-refractivity contribution in [3.63, 3.8) is 0 Å². The molecule has 13 N–H and O–H groups in total. The van der Waals surface area contributed by atoms with Gasteiger partial charge in [-0.25, -0.2) is 4.79 Å². The lowest BCUT2D eigenvalue weighted by molar-refractivity contribution is -0.142. The molecule has 0 spiro atoms. The van der Waals surface area contributed by atoms with Crippen LogP contribution in [0.2, 0.25) is 0 Å². The lowest BCUT2D eigenvalue weighted by atomic mass is 10.00. The van der Waals surface area contributed by atoms with Crippen LogP contribution in [-0.2, 0) is 49.6 Å². The van der Waals surface area contributed by atoms with Gasteiger partial charge in [-0.1, -0.05) is 26.0 Å². The first-order chi connectivity index (χ1) is 25.9. The molecule has 0 aliphatic carbocycles. The second-order valence-electron chi connectivity index (χ2n) is 13.7. The van der Waals surface area contributed by atoms with E-state index in [2.05, 4.69) is 31.9 Å². The molecule has 1 fully saturated rings. The molecule has 55 heavy (non-hydrogen) atoms. The van der Waals surface area contributed by atoms with E-state index in [1.807, 2.05) is 0 Å². The quantitative estimate of drug-likeness (QED) is 0.0490. The highest BCUT2D eigenvalue weighted by atomic mass is 16.4. The van der Waals surface area contributed by atoms with Crippen molar-refractivity contribution in [3.8, 4) is 5.75 Å². The van der Waals surface area contributed by atoms with Gasteiger partial charge in [-0.2, -0.15) is 0 Å². The zero-order valence-corrected chi connectivity index (χ0v) is 30.8. The predicted octanol–water partition coefficient (Wildman–Crippen LogP) is -2.36. The first kappa shape index (κ1) is 45.4. The van der Waals surface area contributed by atoms with Crippen LogP contribution in [0, 0.1) is 5.92 Å². The molecule has 1 aromatic rings. The van der Waals surface area contributed by atoms with Crippen LogP contribution in [0.15, 0.2) is 24.3 Å². The standard InChI is InChI=1S/C35H52N8O12/c1-18(2)15-24(41-30(49)21-10-12-28(46)38-21)32(51)42-25(16-19-6-8-20(44)9-7-19)33(52)39-22(11-13-29(47)48)31(50)43-26(17-27(37)45)34(53)40-23(35(54)55)5-3-4-14-36/h6-9,18,21-26,44H,3-5,10-17,36H2,1-2H3,(H2,37,45)(H,38,46)(H,39,52)(H,40,53)(H,41,49)(H,42,51)(H,43,50)(H,47,48)(H,54,55)/t21-,22+,23-,24-,25+,26+/m0/s1. The summed E-state index contributed by atoms with van der Waals surface area (Å²) in [6, 6.07) is -2.64. The third-order valence-electron chi connectivity index (χ3n) is 8.54. The van der Waals surface area contributed by atoms with Gasteiger partial charge in [-0.05, 0) is 68.7 Å². The number of unbranched alkanes of at least 4 members (excludes halogenated alkanes) is 1. The van der Waals surface area contributed by atoms with E-state index in [0.717, 1.165) is 0 Å². The molecule has 1 heterocycles. The minimum atomic E-state index is -1.72. The van der Waals surface area contributed by atoms with Gasteiger partial charge >= 0.3 is 11.9 Å². The van der Waals surface area contributed by atoms with Crippen LogP contribution in [0.1, 0.15) is 77.2 Å². The number of benzene rings is 1. The number of rotatable bonds is 24. The van der Waals surface area contributed by atoms with Crippen LogP contribution in [-0.4, -0.2) is 111 Å². The Bertz CT molecular complexity index is 1550. The number of hydrogen-bond donors (Lipinski definition) is 11. The SMILES string of the molecule is CC(C)C[C@H](NC(=O)[C@@H]1CCC(=O)N1)C(=O)N[C@H](Cc1ccc(O)cc1)C(=O)N[C@H](CCC(=O)O)C(=O)N[C@H](CC(N)=O)C(=O)N[C@@H](CCCCN)C(=O)O. The second kappa shape index (κ2) is 22.4. The smallest absolute Gasteiger partial charge is 0.326 e. The highest BCUT2D eigenvalue weighted by Gasteiger charge is 2.35. The lowest BCUT2D eigenvalue weighted by Gasteiger charge is -2.27. The predicted molar refractivity (Wildman–Crippen MR) is 193 cm³/mol. The van der Waals surface area contributed by atoms with Crippen LogP contribution in [0.3, 0.4) is 0 Å². The first-order valence-electron chi connectivity index (χ1n) is 17.9. The maximum atomic E-state index is 13.9. The van der Waals surface area contributed by atoms with Gasteiger partial charge in [0, 0.05) is 19.3 Å². The number of aromatic hydroxyl groups is 1. The fourth-order valence-corrected chi connectivity index (χ4v) is 5.65. The van der Waals surface area contributed by atoms with E-state index < -0.39 is 103 Å². The molecule has 0 aromatic heterocycles. The Morgan fingerprint density at radius 3 is 1.89 bits per heavy atom. The number of carbonyl (C=O) groups is 9. The van der Waals surface area contributed by atoms with Gasteiger partial charge in [0.1, 0.15) is 42.0 Å². The summed E-state index contributed by atoms with van der Waals surface area (Å²) in [6.45, 7) is 3.87. The van der Waals surface area contributed by atoms with Gasteiger partial charge in [-0.15, -0.1) is 0 Å². The Labute approximate surface area is 317 Å². The molecule has 0 radical (unpaired) electrons. The molecular formula is C35H52N8O12. The lowest BCUT2D eigenvalue weighted by Crippen LogP contribution is -2.60. The summed E-state index contributed by atoms with van der Waals surface area (Å²) in [7, 11) is 0. The molecule has 1 aromatic carbocycles. The molecule has 304 valence electrons. The average Bonchev–Trinajstić information content (AvgIpc) is 3.55. The van der Waals surface area contributed by atoms with Crippen LogP contribution in [0.4, 0.5) is 0 Å². The summed E-state index contributed by atoms with van der Waals surface area (Å²) in [5.74, 6) is -8.87. The molecule has 1 aliphatic rings. The fourth-order valence-electron chi connectivity index (χ4n) is 5.65. The van der Waals surface area contributed by atoms with Crippen molar-refractivity contribution in [2.45, 2.75) is 114 Å². The number of phenols is 1. The van der Waals surface area contributed by atoms with E-state index in [0.29, 0.717) is 18.4 Å². The number of carboxylic acids is 2. The summed E-state index contributed by atoms with van der Waals surface area (Å²) in [4.78, 5) is 114. The van der Waals surface area contributed by atoms with Crippen molar-refractivity contribution < 1.29 is 58.5 Å². The molecule has 1 aliphatic heterocycles. The number of amides is 7. The zero-order chi connectivity index (χ0) is 41.2. The van der Waals surface area contributed by atoms with Crippen molar-refractivity contribution in [3.05, 3.63) is 29.8 Å². The molecular weight excluding hydrogens is 724 g/mol. The van der Waals surface area contributed by atoms with E-state index in [4.69, 9.17) is 11.5 Å². The minimum absolute atomic E-state index is 0.0141. The van der Waals surface area contributed by atoms with E-state index in [1.54, 1.807) is 13.8 Å². The Hall–Kier alpha value is -5.79. The highest BCUT2D eigenvalue weighted by Crippen LogP contribution is 2.14. The van der Waals surface area contributed by atoms with Crippen LogP contribution < -0.4 is 43.4 Å². The molecule has 20 nitrogen and oxygen atoms in total. The van der Waals surface area contributed by atoms with Crippen molar-refractivity contribution in [1.82, 2.24) is 31.9 Å². The van der Waals surface area contributed by atoms with Crippen molar-refractivity contribution in [2.24, 2.45) is 17.4 Å². The van der Waals surface area contributed by atoms with Crippen molar-refractivity contribution in [1.29, 1.82) is 0 Å². The summed E-state index contributed by atoms with van der Waals surface area (Å²) < 4.78 is 0. The first-order valence-corrected chi connectivity index (χ1v) is 17.9. The molecule has 2 rings (SSSR count). The Balaban J connectivity index is 2.37. The van der Waals surface area contributed by atoms with E-state index in [1.165, 1.54) is 24.3 Å². The number of carbonyl (C=O) groups excluding carboxylic acids is 7. The van der Waals surface area contributed by atoms with Gasteiger partial charge < -0.3 is 58.7 Å². The van der Waals surface area contributed by atoms with E-state index >= 15 is 0 Å². The number of primary amides is 1.